The van der Waals surface area contributed by atoms with E-state index in [2.05, 4.69) is 20.5 Å². The molecule has 3 rings (SSSR count). The first kappa shape index (κ1) is 13.1. The molecule has 4 heteroatoms. The Morgan fingerprint density at radius 2 is 2.00 bits per heavy atom. The highest BCUT2D eigenvalue weighted by Gasteiger charge is 2.06. The van der Waals surface area contributed by atoms with Gasteiger partial charge in [-0.3, -0.25) is 4.79 Å². The van der Waals surface area contributed by atoms with E-state index in [0.717, 1.165) is 27.2 Å². The van der Waals surface area contributed by atoms with Crippen molar-refractivity contribution >= 4 is 33.1 Å². The molecule has 0 saturated heterocycles. The quantitative estimate of drug-likeness (QED) is 0.652. The zero-order valence-electron chi connectivity index (χ0n) is 10.5. The lowest BCUT2D eigenvalue weighted by Crippen LogP contribution is -1.99. The summed E-state index contributed by atoms with van der Waals surface area (Å²) in [4.78, 5) is 10.8. The van der Waals surface area contributed by atoms with E-state index < -0.39 is 0 Å². The fourth-order valence-electron chi connectivity index (χ4n) is 2.26. The molecule has 0 bridgehead atoms. The van der Waals surface area contributed by atoms with Crippen LogP contribution in [0.25, 0.3) is 10.9 Å². The first-order valence-corrected chi connectivity index (χ1v) is 6.95. The summed E-state index contributed by atoms with van der Waals surface area (Å²) in [7, 11) is 0. The van der Waals surface area contributed by atoms with Crippen molar-refractivity contribution in [2.24, 2.45) is 0 Å². The van der Waals surface area contributed by atoms with Crippen LogP contribution in [-0.2, 0) is 6.54 Å². The molecule has 3 aromatic rings. The minimum atomic E-state index is -0.256. The first-order valence-electron chi connectivity index (χ1n) is 6.15. The van der Waals surface area contributed by atoms with Gasteiger partial charge in [-0.2, -0.15) is 0 Å². The summed E-state index contributed by atoms with van der Waals surface area (Å²) in [6.45, 7) is 0.644. The summed E-state index contributed by atoms with van der Waals surface area (Å²) in [6.07, 6.45) is 2.81. The highest BCUT2D eigenvalue weighted by Crippen LogP contribution is 2.22. The summed E-state index contributed by atoms with van der Waals surface area (Å²) in [6, 6.07) is 12.2. The minimum absolute atomic E-state index is 0.256. The SMILES string of the molecule is O=Cc1ccc2c(ccn2Cc2ccc(F)cc2Br)c1. The van der Waals surface area contributed by atoms with Crippen molar-refractivity contribution in [3.05, 3.63) is 70.1 Å². The van der Waals surface area contributed by atoms with Crippen LogP contribution < -0.4 is 0 Å². The summed E-state index contributed by atoms with van der Waals surface area (Å²) < 4.78 is 15.9. The normalized spacial score (nSPS) is 10.9. The lowest BCUT2D eigenvalue weighted by atomic mass is 10.2. The predicted molar refractivity (Wildman–Crippen MR) is 80.5 cm³/mol. The number of benzene rings is 2. The Kier molecular flexibility index (Phi) is 3.40. The number of hydrogen-bond acceptors (Lipinski definition) is 1. The van der Waals surface area contributed by atoms with Crippen LogP contribution in [0.15, 0.2) is 53.1 Å². The van der Waals surface area contributed by atoms with E-state index in [4.69, 9.17) is 0 Å². The first-order chi connectivity index (χ1) is 9.67. The van der Waals surface area contributed by atoms with E-state index in [-0.39, 0.29) is 5.82 Å². The third-order valence-electron chi connectivity index (χ3n) is 3.29. The third kappa shape index (κ3) is 2.39. The number of fused-ring (bicyclic) bond motifs is 1. The summed E-state index contributed by atoms with van der Waals surface area (Å²) in [5.74, 6) is -0.256. The third-order valence-corrected chi connectivity index (χ3v) is 4.03. The maximum atomic E-state index is 13.1. The topological polar surface area (TPSA) is 22.0 Å². The van der Waals surface area contributed by atoms with E-state index in [1.54, 1.807) is 12.1 Å². The van der Waals surface area contributed by atoms with Gasteiger partial charge in [0.05, 0.1) is 0 Å². The molecule has 0 aliphatic heterocycles. The van der Waals surface area contributed by atoms with Gasteiger partial charge in [0.25, 0.3) is 0 Å². The molecule has 2 aromatic carbocycles. The standard InChI is InChI=1S/C16H11BrFNO/c17-15-8-14(18)3-2-13(15)9-19-6-5-12-7-11(10-20)1-4-16(12)19/h1-8,10H,9H2. The molecule has 1 heterocycles. The molecule has 100 valence electrons. The summed E-state index contributed by atoms with van der Waals surface area (Å²) >= 11 is 3.38. The number of halogens is 2. The molecule has 0 N–H and O–H groups in total. The Balaban J connectivity index is 2.00. The second-order valence-electron chi connectivity index (χ2n) is 4.62. The van der Waals surface area contributed by atoms with Crippen molar-refractivity contribution < 1.29 is 9.18 Å². The zero-order valence-corrected chi connectivity index (χ0v) is 12.1. The Morgan fingerprint density at radius 3 is 2.75 bits per heavy atom. The van der Waals surface area contributed by atoms with Gasteiger partial charge in [0.2, 0.25) is 0 Å². The molecular formula is C16H11BrFNO. The van der Waals surface area contributed by atoms with E-state index in [9.17, 15) is 9.18 Å². The van der Waals surface area contributed by atoms with Crippen LogP contribution in [0.3, 0.4) is 0 Å². The van der Waals surface area contributed by atoms with Crippen LogP contribution in [0.4, 0.5) is 4.39 Å². The largest absolute Gasteiger partial charge is 0.343 e. The van der Waals surface area contributed by atoms with Crippen molar-refractivity contribution in [3.8, 4) is 0 Å². The van der Waals surface area contributed by atoms with Gasteiger partial charge in [-0.25, -0.2) is 4.39 Å². The fourth-order valence-corrected chi connectivity index (χ4v) is 2.74. The second-order valence-corrected chi connectivity index (χ2v) is 5.47. The molecule has 0 aliphatic carbocycles. The van der Waals surface area contributed by atoms with Gasteiger partial charge in [0.15, 0.2) is 0 Å². The van der Waals surface area contributed by atoms with E-state index in [1.807, 2.05) is 24.4 Å². The molecular weight excluding hydrogens is 321 g/mol. The lowest BCUT2D eigenvalue weighted by molar-refractivity contribution is 0.112. The van der Waals surface area contributed by atoms with Gasteiger partial charge in [-0.1, -0.05) is 22.0 Å². The van der Waals surface area contributed by atoms with Gasteiger partial charge < -0.3 is 4.57 Å². The highest BCUT2D eigenvalue weighted by atomic mass is 79.9. The zero-order chi connectivity index (χ0) is 14.1. The second kappa shape index (κ2) is 5.21. The number of nitrogens with zero attached hydrogens (tertiary/aromatic N) is 1. The van der Waals surface area contributed by atoms with E-state index in [1.165, 1.54) is 12.1 Å². The molecule has 0 unspecified atom stereocenters. The number of hydrogen-bond donors (Lipinski definition) is 0. The Bertz CT molecular complexity index is 794. The summed E-state index contributed by atoms with van der Waals surface area (Å²) in [5.41, 5.74) is 2.72. The monoisotopic (exact) mass is 331 g/mol. The van der Waals surface area contributed by atoms with E-state index >= 15 is 0 Å². The fraction of sp³-hybridized carbons (Fsp3) is 0.0625. The molecule has 0 atom stereocenters. The number of carbonyl (C=O) groups is 1. The Morgan fingerprint density at radius 1 is 1.15 bits per heavy atom. The average molecular weight is 332 g/mol. The Hall–Kier alpha value is -1.94. The molecule has 0 saturated carbocycles. The lowest BCUT2D eigenvalue weighted by Gasteiger charge is -2.08. The van der Waals surface area contributed by atoms with Crippen molar-refractivity contribution in [3.63, 3.8) is 0 Å². The smallest absolute Gasteiger partial charge is 0.150 e. The average Bonchev–Trinajstić information content (AvgIpc) is 2.84. The van der Waals surface area contributed by atoms with E-state index in [0.29, 0.717) is 12.1 Å². The maximum absolute atomic E-state index is 13.1. The van der Waals surface area contributed by atoms with Gasteiger partial charge in [0, 0.05) is 33.7 Å². The molecule has 2 nitrogen and oxygen atoms in total. The van der Waals surface area contributed by atoms with Gasteiger partial charge in [0.1, 0.15) is 12.1 Å². The van der Waals surface area contributed by atoms with Crippen LogP contribution in [0.5, 0.6) is 0 Å². The molecule has 0 spiro atoms. The molecule has 1 aromatic heterocycles. The number of rotatable bonds is 3. The summed E-state index contributed by atoms with van der Waals surface area (Å²) in [5, 5.41) is 1.02. The minimum Gasteiger partial charge on any atom is -0.343 e. The molecule has 0 amide bonds. The van der Waals surface area contributed by atoms with Crippen molar-refractivity contribution in [2.75, 3.05) is 0 Å². The van der Waals surface area contributed by atoms with Crippen LogP contribution in [0.2, 0.25) is 0 Å². The van der Waals surface area contributed by atoms with Crippen molar-refractivity contribution in [1.82, 2.24) is 4.57 Å². The molecule has 0 radical (unpaired) electrons. The Labute approximate surface area is 124 Å². The predicted octanol–water partition coefficient (Wildman–Crippen LogP) is 4.40. The highest BCUT2D eigenvalue weighted by molar-refractivity contribution is 9.10. The maximum Gasteiger partial charge on any atom is 0.150 e. The number of aromatic nitrogens is 1. The van der Waals surface area contributed by atoms with Crippen molar-refractivity contribution in [2.45, 2.75) is 6.54 Å². The van der Waals surface area contributed by atoms with Gasteiger partial charge >= 0.3 is 0 Å². The van der Waals surface area contributed by atoms with Crippen LogP contribution in [0.1, 0.15) is 15.9 Å². The van der Waals surface area contributed by atoms with Crippen LogP contribution >= 0.6 is 15.9 Å². The number of carbonyl (C=O) groups excluding carboxylic acids is 1. The number of aldehydes is 1. The van der Waals surface area contributed by atoms with Gasteiger partial charge in [-0.05, 0) is 42.0 Å². The van der Waals surface area contributed by atoms with Crippen LogP contribution in [-0.4, -0.2) is 10.9 Å². The molecule has 0 fully saturated rings. The molecule has 0 aliphatic rings. The van der Waals surface area contributed by atoms with Gasteiger partial charge in [-0.15, -0.1) is 0 Å². The van der Waals surface area contributed by atoms with Crippen LogP contribution in [0, 0.1) is 5.82 Å². The molecule has 20 heavy (non-hydrogen) atoms. The van der Waals surface area contributed by atoms with Crippen molar-refractivity contribution in [1.29, 1.82) is 0 Å².